The molecule has 2 N–H and O–H groups in total. The van der Waals surface area contributed by atoms with E-state index in [1.54, 1.807) is 18.2 Å². The number of carbonyl (C=O) groups is 2. The first-order valence-corrected chi connectivity index (χ1v) is 7.85. The van der Waals surface area contributed by atoms with Gasteiger partial charge in [-0.25, -0.2) is 9.97 Å². The molecule has 0 spiro atoms. The zero-order valence-corrected chi connectivity index (χ0v) is 13.3. The van der Waals surface area contributed by atoms with Crippen LogP contribution in [-0.4, -0.2) is 34.9 Å². The molecule has 2 amide bonds. The van der Waals surface area contributed by atoms with Crippen LogP contribution >= 0.6 is 0 Å². The molecule has 6 nitrogen and oxygen atoms in total. The molecule has 1 aromatic carbocycles. The summed E-state index contributed by atoms with van der Waals surface area (Å²) in [4.78, 5) is 32.6. The minimum atomic E-state index is -0.174. The predicted octanol–water partition coefficient (Wildman–Crippen LogP) is 1.50. The van der Waals surface area contributed by atoms with Gasteiger partial charge in [0, 0.05) is 24.6 Å². The Morgan fingerprint density at radius 3 is 2.39 bits per heavy atom. The topological polar surface area (TPSA) is 84.0 Å². The third-order valence-electron chi connectivity index (χ3n) is 4.00. The number of nitrogens with zero attached hydrogens (tertiary/aromatic N) is 2. The molecule has 0 radical (unpaired) electrons. The van der Waals surface area contributed by atoms with Crippen LogP contribution in [0.2, 0.25) is 0 Å². The summed E-state index contributed by atoms with van der Waals surface area (Å²) in [5.41, 5.74) is 3.78. The maximum absolute atomic E-state index is 12.2. The second-order valence-corrected chi connectivity index (χ2v) is 5.92. The summed E-state index contributed by atoms with van der Waals surface area (Å²) in [5, 5.41) is 5.62. The normalized spacial score (nSPS) is 13.8. The minimum absolute atomic E-state index is 0.0890. The lowest BCUT2D eigenvalue weighted by Crippen LogP contribution is -2.35. The van der Waals surface area contributed by atoms with Crippen LogP contribution in [0.15, 0.2) is 18.2 Å². The number of carbonyl (C=O) groups excluding carboxylic acids is 2. The van der Waals surface area contributed by atoms with Crippen LogP contribution < -0.4 is 10.6 Å². The quantitative estimate of drug-likeness (QED) is 0.820. The molecule has 0 bridgehead atoms. The first kappa shape index (κ1) is 15.4. The van der Waals surface area contributed by atoms with Crippen molar-refractivity contribution in [1.82, 2.24) is 20.6 Å². The van der Waals surface area contributed by atoms with Gasteiger partial charge in [0.15, 0.2) is 0 Å². The smallest absolute Gasteiger partial charge is 0.251 e. The number of aryl methyl sites for hydroxylation is 2. The van der Waals surface area contributed by atoms with Crippen LogP contribution in [-0.2, 0) is 4.79 Å². The third-order valence-corrected chi connectivity index (χ3v) is 4.00. The highest BCUT2D eigenvalue weighted by atomic mass is 16.2. The van der Waals surface area contributed by atoms with Crippen molar-refractivity contribution < 1.29 is 9.59 Å². The highest BCUT2D eigenvalue weighted by molar-refractivity contribution is 5.97. The lowest BCUT2D eigenvalue weighted by atomic mass is 10.1. The Balaban J connectivity index is 1.59. The number of nitrogens with one attached hydrogen (secondary N) is 2. The lowest BCUT2D eigenvalue weighted by Gasteiger charge is -2.08. The second kappa shape index (κ2) is 6.32. The van der Waals surface area contributed by atoms with Crippen molar-refractivity contribution >= 4 is 22.8 Å². The van der Waals surface area contributed by atoms with Gasteiger partial charge in [-0.1, -0.05) is 0 Å². The van der Waals surface area contributed by atoms with Gasteiger partial charge < -0.3 is 10.6 Å². The van der Waals surface area contributed by atoms with E-state index in [4.69, 9.17) is 0 Å². The number of rotatable bonds is 5. The second-order valence-electron chi connectivity index (χ2n) is 5.92. The molecule has 0 aliphatic heterocycles. The zero-order valence-electron chi connectivity index (χ0n) is 13.3. The standard InChI is InChI=1S/C17H20N4O2/c1-10-11(2)21-15-9-13(5-6-14(15)20-10)17(23)19-8-7-18-16(22)12-3-4-12/h5-6,9,12H,3-4,7-8H2,1-2H3,(H,18,22)(H,19,23). The monoisotopic (exact) mass is 312 g/mol. The molecular weight excluding hydrogens is 292 g/mol. The molecule has 120 valence electrons. The maximum atomic E-state index is 12.2. The SMILES string of the molecule is Cc1nc2ccc(C(=O)NCCNC(=O)C3CC3)cc2nc1C. The van der Waals surface area contributed by atoms with E-state index >= 15 is 0 Å². The molecule has 3 rings (SSSR count). The summed E-state index contributed by atoms with van der Waals surface area (Å²) in [6, 6.07) is 5.29. The average molecular weight is 312 g/mol. The van der Waals surface area contributed by atoms with Crippen molar-refractivity contribution in [2.45, 2.75) is 26.7 Å². The molecule has 1 aliphatic rings. The Bertz CT molecular complexity index is 769. The van der Waals surface area contributed by atoms with Crippen molar-refractivity contribution in [3.05, 3.63) is 35.2 Å². The summed E-state index contributed by atoms with van der Waals surface area (Å²) >= 11 is 0. The van der Waals surface area contributed by atoms with Crippen LogP contribution in [0.5, 0.6) is 0 Å². The van der Waals surface area contributed by atoms with E-state index in [9.17, 15) is 9.59 Å². The number of fused-ring (bicyclic) bond motifs is 1. The van der Waals surface area contributed by atoms with Gasteiger partial charge in [-0.15, -0.1) is 0 Å². The van der Waals surface area contributed by atoms with Gasteiger partial charge in [0.25, 0.3) is 5.91 Å². The molecule has 2 aromatic rings. The largest absolute Gasteiger partial charge is 0.354 e. The zero-order chi connectivity index (χ0) is 16.4. The van der Waals surface area contributed by atoms with E-state index in [1.165, 1.54) is 0 Å². The fraction of sp³-hybridized carbons (Fsp3) is 0.412. The number of aromatic nitrogens is 2. The highest BCUT2D eigenvalue weighted by Crippen LogP contribution is 2.28. The summed E-state index contributed by atoms with van der Waals surface area (Å²) in [5.74, 6) is 0.107. The third kappa shape index (κ3) is 3.64. The first-order valence-electron chi connectivity index (χ1n) is 7.85. The predicted molar refractivity (Wildman–Crippen MR) is 87.1 cm³/mol. The number of amides is 2. The van der Waals surface area contributed by atoms with Crippen molar-refractivity contribution in [2.75, 3.05) is 13.1 Å². The minimum Gasteiger partial charge on any atom is -0.354 e. The fourth-order valence-electron chi connectivity index (χ4n) is 2.33. The van der Waals surface area contributed by atoms with Crippen LogP contribution in [0.25, 0.3) is 11.0 Å². The van der Waals surface area contributed by atoms with Gasteiger partial charge >= 0.3 is 0 Å². The summed E-state index contributed by atoms with van der Waals surface area (Å²) in [6.07, 6.45) is 1.96. The van der Waals surface area contributed by atoms with E-state index in [0.717, 1.165) is 29.7 Å². The Labute approximate surface area is 134 Å². The van der Waals surface area contributed by atoms with E-state index in [0.29, 0.717) is 24.2 Å². The van der Waals surface area contributed by atoms with Crippen molar-refractivity contribution in [2.24, 2.45) is 5.92 Å². The number of hydrogen-bond acceptors (Lipinski definition) is 4. The van der Waals surface area contributed by atoms with Gasteiger partial charge in [0.2, 0.25) is 5.91 Å². The van der Waals surface area contributed by atoms with Gasteiger partial charge in [0.05, 0.1) is 22.4 Å². The van der Waals surface area contributed by atoms with Gasteiger partial charge in [0.1, 0.15) is 0 Å². The maximum Gasteiger partial charge on any atom is 0.251 e. The van der Waals surface area contributed by atoms with Gasteiger partial charge in [-0.3, -0.25) is 9.59 Å². The van der Waals surface area contributed by atoms with Gasteiger partial charge in [-0.2, -0.15) is 0 Å². The molecule has 0 atom stereocenters. The van der Waals surface area contributed by atoms with E-state index in [-0.39, 0.29) is 17.7 Å². The van der Waals surface area contributed by atoms with Crippen molar-refractivity contribution in [3.63, 3.8) is 0 Å². The molecule has 1 aromatic heterocycles. The van der Waals surface area contributed by atoms with Crippen LogP contribution in [0.3, 0.4) is 0 Å². The first-order chi connectivity index (χ1) is 11.0. The summed E-state index contributed by atoms with van der Waals surface area (Å²) < 4.78 is 0. The van der Waals surface area contributed by atoms with E-state index in [2.05, 4.69) is 20.6 Å². The molecule has 1 aliphatic carbocycles. The fourth-order valence-corrected chi connectivity index (χ4v) is 2.33. The molecule has 1 heterocycles. The summed E-state index contributed by atoms with van der Waals surface area (Å²) in [7, 11) is 0. The Hall–Kier alpha value is -2.50. The van der Waals surface area contributed by atoms with Crippen LogP contribution in [0, 0.1) is 19.8 Å². The number of benzene rings is 1. The molecule has 0 saturated heterocycles. The van der Waals surface area contributed by atoms with E-state index < -0.39 is 0 Å². The van der Waals surface area contributed by atoms with Gasteiger partial charge in [-0.05, 0) is 44.9 Å². The molecular formula is C17H20N4O2. The molecule has 1 fully saturated rings. The molecule has 1 saturated carbocycles. The Kier molecular flexibility index (Phi) is 4.23. The number of hydrogen-bond donors (Lipinski definition) is 2. The van der Waals surface area contributed by atoms with Crippen molar-refractivity contribution in [1.29, 1.82) is 0 Å². The average Bonchev–Trinajstić information content (AvgIpc) is 3.36. The van der Waals surface area contributed by atoms with Crippen LogP contribution in [0.1, 0.15) is 34.6 Å². The Morgan fingerprint density at radius 2 is 1.70 bits per heavy atom. The van der Waals surface area contributed by atoms with E-state index in [1.807, 2.05) is 13.8 Å². The molecule has 6 heteroatoms. The molecule has 23 heavy (non-hydrogen) atoms. The summed E-state index contributed by atoms with van der Waals surface area (Å²) in [6.45, 7) is 4.68. The lowest BCUT2D eigenvalue weighted by molar-refractivity contribution is -0.122. The highest BCUT2D eigenvalue weighted by Gasteiger charge is 2.28. The molecule has 0 unspecified atom stereocenters. The Morgan fingerprint density at radius 1 is 1.04 bits per heavy atom. The van der Waals surface area contributed by atoms with Crippen molar-refractivity contribution in [3.8, 4) is 0 Å². The van der Waals surface area contributed by atoms with Crippen LogP contribution in [0.4, 0.5) is 0 Å².